The topological polar surface area (TPSA) is 20.3 Å². The van der Waals surface area contributed by atoms with Crippen LogP contribution in [0.5, 0.6) is 0 Å². The second kappa shape index (κ2) is 5.30. The molecule has 0 N–H and O–H groups in total. The predicted molar refractivity (Wildman–Crippen MR) is 78.0 cm³/mol. The molecule has 3 heteroatoms. The molecule has 0 bridgehead atoms. The summed E-state index contributed by atoms with van der Waals surface area (Å²) in [5.74, 6) is 4.36. The van der Waals surface area contributed by atoms with E-state index in [1.54, 1.807) is 11.8 Å². The van der Waals surface area contributed by atoms with Crippen LogP contribution in [0.3, 0.4) is 0 Å². The van der Waals surface area contributed by atoms with Gasteiger partial charge in [-0.1, -0.05) is 24.1 Å². The molecular formula is C16H17NOS. The van der Waals surface area contributed by atoms with Gasteiger partial charge in [0, 0.05) is 17.2 Å². The number of hydrogen-bond donors (Lipinski definition) is 0. The van der Waals surface area contributed by atoms with E-state index in [1.165, 1.54) is 23.3 Å². The summed E-state index contributed by atoms with van der Waals surface area (Å²) in [5.41, 5.74) is 1.18. The van der Waals surface area contributed by atoms with Crippen LogP contribution in [-0.4, -0.2) is 29.6 Å². The van der Waals surface area contributed by atoms with Gasteiger partial charge in [-0.3, -0.25) is 4.79 Å². The molecule has 1 fully saturated rings. The molecule has 3 rings (SSSR count). The first-order chi connectivity index (χ1) is 9.29. The molecule has 1 atom stereocenters. The highest BCUT2D eigenvalue weighted by molar-refractivity contribution is 7.99. The Morgan fingerprint density at radius 1 is 1.42 bits per heavy atom. The van der Waals surface area contributed by atoms with Crippen molar-refractivity contribution in [1.82, 2.24) is 4.90 Å². The third kappa shape index (κ3) is 2.64. The van der Waals surface area contributed by atoms with Crippen molar-refractivity contribution in [2.75, 3.05) is 18.8 Å². The van der Waals surface area contributed by atoms with Crippen LogP contribution in [0.15, 0.2) is 29.2 Å². The van der Waals surface area contributed by atoms with Gasteiger partial charge in [0.25, 0.3) is 0 Å². The molecule has 2 nitrogen and oxygen atoms in total. The SMILES string of the molecule is C#CCN(CC1CC1)C(=O)C1CSc2ccccc21. The Balaban J connectivity index is 1.77. The number of terminal acetylenes is 1. The van der Waals surface area contributed by atoms with Crippen molar-refractivity contribution >= 4 is 17.7 Å². The van der Waals surface area contributed by atoms with E-state index in [0.717, 1.165) is 12.3 Å². The van der Waals surface area contributed by atoms with Crippen molar-refractivity contribution in [3.8, 4) is 12.3 Å². The van der Waals surface area contributed by atoms with Crippen molar-refractivity contribution in [2.45, 2.75) is 23.7 Å². The molecule has 1 unspecified atom stereocenters. The second-order valence-corrected chi connectivity index (χ2v) is 6.33. The van der Waals surface area contributed by atoms with Crippen LogP contribution in [0.4, 0.5) is 0 Å². The van der Waals surface area contributed by atoms with Gasteiger partial charge in [0.05, 0.1) is 12.5 Å². The van der Waals surface area contributed by atoms with E-state index in [4.69, 9.17) is 6.42 Å². The number of benzene rings is 1. The second-order valence-electron chi connectivity index (χ2n) is 5.27. The minimum absolute atomic E-state index is 0.00620. The smallest absolute Gasteiger partial charge is 0.231 e. The lowest BCUT2D eigenvalue weighted by Crippen LogP contribution is -2.37. The van der Waals surface area contributed by atoms with Crippen molar-refractivity contribution < 1.29 is 4.79 Å². The van der Waals surface area contributed by atoms with E-state index < -0.39 is 0 Å². The van der Waals surface area contributed by atoms with E-state index in [1.807, 2.05) is 17.0 Å². The molecule has 1 aromatic carbocycles. The summed E-state index contributed by atoms with van der Waals surface area (Å²) >= 11 is 1.78. The van der Waals surface area contributed by atoms with Crippen molar-refractivity contribution in [3.63, 3.8) is 0 Å². The van der Waals surface area contributed by atoms with Crippen LogP contribution in [-0.2, 0) is 4.79 Å². The largest absolute Gasteiger partial charge is 0.331 e. The van der Waals surface area contributed by atoms with Crippen LogP contribution in [0.1, 0.15) is 24.3 Å². The molecule has 1 amide bonds. The number of carbonyl (C=O) groups is 1. The maximum atomic E-state index is 12.7. The monoisotopic (exact) mass is 271 g/mol. The van der Waals surface area contributed by atoms with Crippen LogP contribution in [0.2, 0.25) is 0 Å². The Kier molecular flexibility index (Phi) is 3.52. The van der Waals surface area contributed by atoms with Gasteiger partial charge < -0.3 is 4.90 Å². The number of thioether (sulfide) groups is 1. The van der Waals surface area contributed by atoms with E-state index in [9.17, 15) is 4.79 Å². The first-order valence-electron chi connectivity index (χ1n) is 6.73. The molecule has 0 radical (unpaired) electrons. The van der Waals surface area contributed by atoms with Crippen LogP contribution in [0.25, 0.3) is 0 Å². The summed E-state index contributed by atoms with van der Waals surface area (Å²) < 4.78 is 0. The Morgan fingerprint density at radius 3 is 2.95 bits per heavy atom. The summed E-state index contributed by atoms with van der Waals surface area (Å²) in [6.45, 7) is 1.28. The van der Waals surface area contributed by atoms with E-state index >= 15 is 0 Å². The lowest BCUT2D eigenvalue weighted by Gasteiger charge is -2.23. The fraction of sp³-hybridized carbons (Fsp3) is 0.438. The summed E-state index contributed by atoms with van der Waals surface area (Å²) in [6, 6.07) is 8.21. The molecule has 1 saturated carbocycles. The third-order valence-corrected chi connectivity index (χ3v) is 4.95. The van der Waals surface area contributed by atoms with Crippen molar-refractivity contribution in [3.05, 3.63) is 29.8 Å². The first kappa shape index (κ1) is 12.6. The molecule has 0 aromatic heterocycles. The third-order valence-electron chi connectivity index (χ3n) is 3.77. The fourth-order valence-electron chi connectivity index (χ4n) is 2.54. The lowest BCUT2D eigenvalue weighted by molar-refractivity contribution is -0.131. The number of nitrogens with zero attached hydrogens (tertiary/aromatic N) is 1. The average Bonchev–Trinajstić information content (AvgIpc) is 3.14. The zero-order valence-corrected chi connectivity index (χ0v) is 11.7. The van der Waals surface area contributed by atoms with Crippen LogP contribution < -0.4 is 0 Å². The first-order valence-corrected chi connectivity index (χ1v) is 7.72. The molecule has 1 aromatic rings. The van der Waals surface area contributed by atoms with Gasteiger partial charge in [0.1, 0.15) is 0 Å². The summed E-state index contributed by atoms with van der Waals surface area (Å²) in [5, 5.41) is 0. The zero-order valence-electron chi connectivity index (χ0n) is 10.8. The molecule has 98 valence electrons. The van der Waals surface area contributed by atoms with Crippen LogP contribution in [0, 0.1) is 18.3 Å². The van der Waals surface area contributed by atoms with E-state index in [0.29, 0.717) is 12.5 Å². The van der Waals surface area contributed by atoms with Crippen molar-refractivity contribution in [1.29, 1.82) is 0 Å². The van der Waals surface area contributed by atoms with Crippen LogP contribution >= 0.6 is 11.8 Å². The predicted octanol–water partition coefficient (Wildman–Crippen LogP) is 2.75. The van der Waals surface area contributed by atoms with Gasteiger partial charge in [-0.2, -0.15) is 0 Å². The standard InChI is InChI=1S/C16H17NOS/c1-2-9-17(10-12-7-8-12)16(18)14-11-19-15-6-4-3-5-13(14)15/h1,3-6,12,14H,7-11H2. The average molecular weight is 271 g/mol. The minimum atomic E-state index is -0.00620. The minimum Gasteiger partial charge on any atom is -0.331 e. The zero-order chi connectivity index (χ0) is 13.2. The molecule has 1 aliphatic carbocycles. The molecule has 2 aliphatic rings. The maximum Gasteiger partial charge on any atom is 0.231 e. The number of carbonyl (C=O) groups excluding carboxylic acids is 1. The number of amides is 1. The van der Waals surface area contributed by atoms with E-state index in [2.05, 4.69) is 18.1 Å². The van der Waals surface area contributed by atoms with Gasteiger partial charge in [0.15, 0.2) is 0 Å². The molecule has 0 spiro atoms. The molecule has 0 saturated heterocycles. The number of hydrogen-bond acceptors (Lipinski definition) is 2. The lowest BCUT2D eigenvalue weighted by atomic mass is 9.99. The Hall–Kier alpha value is -1.40. The quantitative estimate of drug-likeness (QED) is 0.785. The highest BCUT2D eigenvalue weighted by atomic mass is 32.2. The normalized spacial score (nSPS) is 20.7. The van der Waals surface area contributed by atoms with Gasteiger partial charge in [0.2, 0.25) is 5.91 Å². The van der Waals surface area contributed by atoms with Gasteiger partial charge in [-0.05, 0) is 30.4 Å². The Morgan fingerprint density at radius 2 is 2.21 bits per heavy atom. The number of fused-ring (bicyclic) bond motifs is 1. The van der Waals surface area contributed by atoms with Gasteiger partial charge in [-0.25, -0.2) is 0 Å². The Labute approximate surface area is 118 Å². The maximum absolute atomic E-state index is 12.7. The Bertz CT molecular complexity index is 530. The fourth-order valence-corrected chi connectivity index (χ4v) is 3.76. The van der Waals surface area contributed by atoms with E-state index in [-0.39, 0.29) is 11.8 Å². The summed E-state index contributed by atoms with van der Waals surface area (Å²) in [6.07, 6.45) is 7.89. The highest BCUT2D eigenvalue weighted by Gasteiger charge is 2.34. The van der Waals surface area contributed by atoms with Gasteiger partial charge in [-0.15, -0.1) is 18.2 Å². The molecular weight excluding hydrogens is 254 g/mol. The highest BCUT2D eigenvalue weighted by Crippen LogP contribution is 2.40. The molecule has 19 heavy (non-hydrogen) atoms. The van der Waals surface area contributed by atoms with Gasteiger partial charge >= 0.3 is 0 Å². The summed E-state index contributed by atoms with van der Waals surface area (Å²) in [4.78, 5) is 15.8. The number of rotatable bonds is 4. The summed E-state index contributed by atoms with van der Waals surface area (Å²) in [7, 11) is 0. The van der Waals surface area contributed by atoms with Crippen molar-refractivity contribution in [2.24, 2.45) is 5.92 Å². The molecule has 1 aliphatic heterocycles. The molecule has 1 heterocycles.